The molecule has 68 heavy (non-hydrogen) atoms. The molecule has 4 heteroatoms. The number of nitrogens with zero attached hydrogens (tertiary/aromatic N) is 3. The Morgan fingerprint density at radius 3 is 2.01 bits per heavy atom. The first-order chi connectivity index (χ1) is 38.0. The first-order valence-electron chi connectivity index (χ1n) is 30.0. The number of para-hydroxylation sites is 1. The molecule has 0 fully saturated rings. The number of pyridine rings is 1. The van der Waals surface area contributed by atoms with Gasteiger partial charge in [0.25, 0.3) is 0 Å². The maximum absolute atomic E-state index is 12.6. The minimum absolute atomic E-state index is 0.0112. The van der Waals surface area contributed by atoms with Gasteiger partial charge in [-0.25, -0.2) is 4.98 Å². The van der Waals surface area contributed by atoms with Crippen LogP contribution in [0.2, 0.25) is 0 Å². The average molecular weight is 906 g/mol. The third-order valence-corrected chi connectivity index (χ3v) is 12.6. The van der Waals surface area contributed by atoms with Crippen LogP contribution in [0.4, 0.5) is 0 Å². The number of hydrogen-bond acceptors (Lipinski definition) is 3. The van der Waals surface area contributed by atoms with Gasteiger partial charge in [-0.1, -0.05) is 172 Å². The first-order valence-corrected chi connectivity index (χ1v) is 23.0. The number of imidazole rings is 1. The summed E-state index contributed by atoms with van der Waals surface area (Å²) in [5.41, 5.74) is 6.14. The van der Waals surface area contributed by atoms with Crippen LogP contribution in [-0.2, 0) is 10.8 Å². The molecule has 9 rings (SSSR count). The molecule has 0 saturated carbocycles. The van der Waals surface area contributed by atoms with Gasteiger partial charge in [-0.2, -0.15) is 0 Å². The number of aromatic hydroxyl groups is 1. The van der Waals surface area contributed by atoms with Crippen LogP contribution in [-0.4, -0.2) is 19.6 Å². The SMILES string of the molecule is [2H]c1nc(-c2cc(-c3ccccc3)cc(-c3cccc4c3nc(-c3cc(C(C)(C)C)cc(C(C)(C)C)c3O)n4-c3ccc(-c4cc(C(C)C)cc(C([2H])(C)C)c4)cc3C([2H])([2H])[2H])c2)c([2H])c(-c2c([2H])c([2H])c(C([2H])([2H])[2H])c([2H])c2[2H])c1[2H]. The van der Waals surface area contributed by atoms with Gasteiger partial charge in [0.15, 0.2) is 0 Å². The summed E-state index contributed by atoms with van der Waals surface area (Å²) in [6.45, 7) is 14.4. The molecule has 0 spiro atoms. The van der Waals surface area contributed by atoms with E-state index in [2.05, 4.69) is 39.6 Å². The molecule has 0 aliphatic rings. The number of aromatic nitrogens is 3. The minimum Gasteiger partial charge on any atom is -0.507 e. The number of fused-ring (bicyclic) bond motifs is 1. The number of benzene rings is 7. The molecule has 342 valence electrons. The highest BCUT2D eigenvalue weighted by Crippen LogP contribution is 2.45. The third kappa shape index (κ3) is 9.05. The van der Waals surface area contributed by atoms with Gasteiger partial charge in [-0.3, -0.25) is 9.55 Å². The summed E-state index contributed by atoms with van der Waals surface area (Å²) in [6.07, 6.45) is -0.633. The molecule has 0 atom stereocenters. The Balaban J connectivity index is 1.38. The van der Waals surface area contributed by atoms with Crippen LogP contribution in [0.25, 0.3) is 83.9 Å². The lowest BCUT2D eigenvalue weighted by molar-refractivity contribution is 0.446. The van der Waals surface area contributed by atoms with Crippen molar-refractivity contribution in [2.45, 2.75) is 106 Å². The molecule has 0 aliphatic heterocycles. The van der Waals surface area contributed by atoms with Gasteiger partial charge in [0, 0.05) is 32.5 Å². The van der Waals surface area contributed by atoms with Gasteiger partial charge in [0.2, 0.25) is 0 Å². The van der Waals surface area contributed by atoms with E-state index in [0.29, 0.717) is 44.4 Å². The maximum atomic E-state index is 12.6. The van der Waals surface area contributed by atoms with Gasteiger partial charge < -0.3 is 5.11 Å². The molecule has 0 bridgehead atoms. The van der Waals surface area contributed by atoms with Crippen molar-refractivity contribution in [2.75, 3.05) is 0 Å². The van der Waals surface area contributed by atoms with Crippen LogP contribution in [0.5, 0.6) is 5.75 Å². The van der Waals surface area contributed by atoms with E-state index in [0.717, 1.165) is 27.8 Å². The van der Waals surface area contributed by atoms with E-state index >= 15 is 0 Å². The second-order valence-electron chi connectivity index (χ2n) is 20.2. The molecule has 9 aromatic rings. The molecule has 2 aromatic heterocycles. The summed E-state index contributed by atoms with van der Waals surface area (Å²) in [5.74, 6) is -0.598. The molecule has 0 radical (unpaired) electrons. The van der Waals surface area contributed by atoms with Crippen LogP contribution < -0.4 is 0 Å². The summed E-state index contributed by atoms with van der Waals surface area (Å²) in [7, 11) is 0. The van der Waals surface area contributed by atoms with E-state index in [-0.39, 0.29) is 40.0 Å². The van der Waals surface area contributed by atoms with Crippen molar-refractivity contribution in [3.8, 4) is 78.6 Å². The molecular formula is C64H65N3O. The molecular weight excluding hydrogens is 827 g/mol. The van der Waals surface area contributed by atoms with Crippen molar-refractivity contribution >= 4 is 11.0 Å². The predicted molar refractivity (Wildman–Crippen MR) is 288 cm³/mol. The highest BCUT2D eigenvalue weighted by molar-refractivity contribution is 5.98. The predicted octanol–water partition coefficient (Wildman–Crippen LogP) is 17.6. The largest absolute Gasteiger partial charge is 0.507 e. The van der Waals surface area contributed by atoms with E-state index in [9.17, 15) is 10.6 Å². The quantitative estimate of drug-likeness (QED) is 0.157. The molecule has 7 aromatic carbocycles. The Hall–Kier alpha value is -7.04. The zero-order valence-corrected chi connectivity index (χ0v) is 40.3. The van der Waals surface area contributed by atoms with E-state index in [1.807, 2.05) is 126 Å². The molecule has 4 nitrogen and oxygen atoms in total. The maximum Gasteiger partial charge on any atom is 0.149 e. The average Bonchev–Trinajstić information content (AvgIpc) is 3.97. The van der Waals surface area contributed by atoms with Crippen LogP contribution in [0.15, 0.2) is 158 Å². The van der Waals surface area contributed by atoms with Crippen molar-refractivity contribution in [3.05, 3.63) is 191 Å². The lowest BCUT2D eigenvalue weighted by atomic mass is 9.79. The van der Waals surface area contributed by atoms with Crippen molar-refractivity contribution in [2.24, 2.45) is 0 Å². The monoisotopic (exact) mass is 906 g/mol. The Labute approximate surface area is 424 Å². The third-order valence-electron chi connectivity index (χ3n) is 12.6. The lowest BCUT2D eigenvalue weighted by Crippen LogP contribution is -2.17. The smallest absolute Gasteiger partial charge is 0.149 e. The summed E-state index contributed by atoms with van der Waals surface area (Å²) >= 11 is 0. The molecule has 0 saturated heterocycles. The van der Waals surface area contributed by atoms with Crippen LogP contribution in [0.3, 0.4) is 0 Å². The minimum atomic E-state index is -3.01. The van der Waals surface area contributed by atoms with Crippen LogP contribution in [0, 0.1) is 13.7 Å². The van der Waals surface area contributed by atoms with Crippen molar-refractivity contribution < 1.29 is 24.3 Å². The van der Waals surface area contributed by atoms with Gasteiger partial charge in [0.05, 0.1) is 37.6 Å². The molecule has 0 aliphatic carbocycles. The Morgan fingerprint density at radius 2 is 1.32 bits per heavy atom. The standard InChI is InChI=1S/C64H65N3O/c1-39(2)47-30-48(40(3)4)32-50(31-47)45-25-26-58(42(6)29-45)67-59-20-16-19-54(60(59)66-62(67)55-37-53(63(7,8)9)38-56(61(55)68)64(10,11)12)51-33-49(43-17-14-13-15-18-43)34-52(35-51)57-36-46(27-28-65-57)44-23-21-41(5)22-24-44/h13-40,68H,1-12H3/i5D3,6D3,21D,22D,23D,24D,27D,28D,36D,39D. The molecule has 2 heterocycles. The zero-order chi connectivity index (χ0) is 60.2. The topological polar surface area (TPSA) is 50.9 Å². The number of phenols is 1. The van der Waals surface area contributed by atoms with Gasteiger partial charge in [-0.15, -0.1) is 0 Å². The highest BCUT2D eigenvalue weighted by Gasteiger charge is 2.29. The van der Waals surface area contributed by atoms with Crippen LogP contribution >= 0.6 is 0 Å². The van der Waals surface area contributed by atoms with Crippen molar-refractivity contribution in [3.63, 3.8) is 0 Å². The molecule has 0 unspecified atom stereocenters. The number of rotatable bonds is 9. The normalized spacial score (nSPS) is 15.6. The van der Waals surface area contributed by atoms with Crippen LogP contribution in [0.1, 0.15) is 134 Å². The van der Waals surface area contributed by atoms with Crippen molar-refractivity contribution in [1.29, 1.82) is 0 Å². The molecule has 0 amide bonds. The number of phenolic OH excluding ortho intramolecular Hbond substituents is 1. The highest BCUT2D eigenvalue weighted by atomic mass is 16.3. The van der Waals surface area contributed by atoms with E-state index in [1.165, 1.54) is 0 Å². The second-order valence-corrected chi connectivity index (χ2v) is 20.2. The zero-order valence-electron chi connectivity index (χ0n) is 54.3. The van der Waals surface area contributed by atoms with Gasteiger partial charge in [0.1, 0.15) is 11.6 Å². The summed E-state index contributed by atoms with van der Waals surface area (Å²) in [5, 5.41) is 12.6. The van der Waals surface area contributed by atoms with Crippen molar-refractivity contribution in [1.82, 2.24) is 14.5 Å². The second kappa shape index (κ2) is 17.9. The Kier molecular flexibility index (Phi) is 8.37. The van der Waals surface area contributed by atoms with Gasteiger partial charge >= 0.3 is 0 Å². The lowest BCUT2D eigenvalue weighted by Gasteiger charge is -2.27. The van der Waals surface area contributed by atoms with E-state index < -0.39 is 89.5 Å². The fourth-order valence-electron chi connectivity index (χ4n) is 8.65. The number of hydrogen-bond donors (Lipinski definition) is 1. The van der Waals surface area contributed by atoms with E-state index in [4.69, 9.17) is 18.7 Å². The Bertz CT molecular complexity index is 4000. The fraction of sp³-hybridized carbons (Fsp3) is 0.250. The summed E-state index contributed by atoms with van der Waals surface area (Å²) < 4.78 is 125. The van der Waals surface area contributed by atoms with E-state index in [1.54, 1.807) is 28.8 Å². The number of aryl methyl sites for hydroxylation is 1. The summed E-state index contributed by atoms with van der Waals surface area (Å²) in [6, 6.07) is 31.1. The Morgan fingerprint density at radius 1 is 0.603 bits per heavy atom. The fourth-order valence-corrected chi connectivity index (χ4v) is 8.65. The van der Waals surface area contributed by atoms with Gasteiger partial charge in [-0.05, 0) is 152 Å². The first kappa shape index (κ1) is 31.8. The molecule has 1 N–H and O–H groups in total. The summed E-state index contributed by atoms with van der Waals surface area (Å²) in [4.78, 5) is 9.90.